The minimum absolute atomic E-state index is 0.216. The first-order chi connectivity index (χ1) is 9.39. The van der Waals surface area contributed by atoms with Crippen LogP contribution >= 0.6 is 0 Å². The van der Waals surface area contributed by atoms with E-state index in [0.29, 0.717) is 23.6 Å². The highest BCUT2D eigenvalue weighted by Crippen LogP contribution is 2.31. The number of ether oxygens (including phenoxy) is 2. The summed E-state index contributed by atoms with van der Waals surface area (Å²) in [6.45, 7) is 6.34. The number of benzene rings is 1. The van der Waals surface area contributed by atoms with Crippen molar-refractivity contribution in [1.29, 1.82) is 0 Å². The van der Waals surface area contributed by atoms with Gasteiger partial charge < -0.3 is 20.5 Å². The molecule has 0 aliphatic carbocycles. The van der Waals surface area contributed by atoms with Crippen LogP contribution in [0.3, 0.4) is 0 Å². The van der Waals surface area contributed by atoms with Gasteiger partial charge in [0.2, 0.25) is 0 Å². The van der Waals surface area contributed by atoms with Crippen LogP contribution in [-0.2, 0) is 0 Å². The van der Waals surface area contributed by atoms with E-state index in [0.717, 1.165) is 0 Å². The van der Waals surface area contributed by atoms with Crippen molar-refractivity contribution >= 4 is 5.91 Å². The van der Waals surface area contributed by atoms with Crippen LogP contribution in [0.15, 0.2) is 18.2 Å². The summed E-state index contributed by atoms with van der Waals surface area (Å²) >= 11 is 0. The maximum absolute atomic E-state index is 12.5. The van der Waals surface area contributed by atoms with Crippen molar-refractivity contribution < 1.29 is 14.3 Å². The van der Waals surface area contributed by atoms with E-state index in [2.05, 4.69) is 5.32 Å². The molecule has 0 saturated carbocycles. The van der Waals surface area contributed by atoms with E-state index < -0.39 is 5.54 Å². The van der Waals surface area contributed by atoms with Crippen LogP contribution in [0.2, 0.25) is 0 Å². The number of hydrogen-bond donors (Lipinski definition) is 2. The van der Waals surface area contributed by atoms with Crippen LogP contribution in [-0.4, -0.2) is 32.2 Å². The second-order valence-corrected chi connectivity index (χ2v) is 5.27. The van der Waals surface area contributed by atoms with Gasteiger partial charge in [0.15, 0.2) is 11.5 Å². The number of carbonyl (C=O) groups is 1. The normalized spacial score (nSPS) is 13.8. The third kappa shape index (κ3) is 3.22. The molecule has 1 unspecified atom stereocenters. The van der Waals surface area contributed by atoms with Crippen LogP contribution in [0.4, 0.5) is 0 Å². The largest absolute Gasteiger partial charge is 0.493 e. The van der Waals surface area contributed by atoms with E-state index in [4.69, 9.17) is 15.2 Å². The molecule has 0 fully saturated rings. The standard InChI is InChI=1S/C15H24N2O3/c1-10(2)15(3,9-16)17-14(18)11-7-6-8-12(19-4)13(11)20-5/h6-8,10H,9,16H2,1-5H3,(H,17,18). The molecule has 0 saturated heterocycles. The summed E-state index contributed by atoms with van der Waals surface area (Å²) in [6, 6.07) is 5.21. The minimum atomic E-state index is -0.467. The summed E-state index contributed by atoms with van der Waals surface area (Å²) in [5.41, 5.74) is 5.76. The van der Waals surface area contributed by atoms with Crippen LogP contribution in [0, 0.1) is 5.92 Å². The molecule has 1 rings (SSSR count). The Labute approximate surface area is 120 Å². The van der Waals surface area contributed by atoms with Gasteiger partial charge in [0.05, 0.1) is 25.3 Å². The summed E-state index contributed by atoms with van der Waals surface area (Å²) in [5, 5.41) is 2.99. The number of para-hydroxylation sites is 1. The Kier molecular flexibility index (Phi) is 5.39. The molecule has 0 aromatic heterocycles. The predicted octanol–water partition coefficient (Wildman–Crippen LogP) is 1.81. The number of hydrogen-bond acceptors (Lipinski definition) is 4. The monoisotopic (exact) mass is 280 g/mol. The molecular formula is C15H24N2O3. The van der Waals surface area contributed by atoms with Gasteiger partial charge in [0, 0.05) is 6.54 Å². The molecule has 3 N–H and O–H groups in total. The molecule has 0 aliphatic heterocycles. The van der Waals surface area contributed by atoms with Gasteiger partial charge in [-0.3, -0.25) is 4.79 Å². The van der Waals surface area contributed by atoms with E-state index in [1.165, 1.54) is 14.2 Å². The SMILES string of the molecule is COc1cccc(C(=O)NC(C)(CN)C(C)C)c1OC. The van der Waals surface area contributed by atoms with Gasteiger partial charge in [0.25, 0.3) is 5.91 Å². The third-order valence-corrected chi connectivity index (χ3v) is 3.74. The molecule has 0 radical (unpaired) electrons. The topological polar surface area (TPSA) is 73.6 Å². The van der Waals surface area contributed by atoms with Crippen molar-refractivity contribution in [3.05, 3.63) is 23.8 Å². The van der Waals surface area contributed by atoms with E-state index in [1.54, 1.807) is 18.2 Å². The number of nitrogens with two attached hydrogens (primary N) is 1. The average molecular weight is 280 g/mol. The molecule has 112 valence electrons. The zero-order valence-electron chi connectivity index (χ0n) is 12.8. The zero-order chi connectivity index (χ0) is 15.3. The smallest absolute Gasteiger partial charge is 0.255 e. The van der Waals surface area contributed by atoms with Crippen molar-refractivity contribution in [2.75, 3.05) is 20.8 Å². The molecule has 0 heterocycles. The highest BCUT2D eigenvalue weighted by atomic mass is 16.5. The van der Waals surface area contributed by atoms with Gasteiger partial charge >= 0.3 is 0 Å². The lowest BCUT2D eigenvalue weighted by Gasteiger charge is -2.33. The van der Waals surface area contributed by atoms with E-state index in [-0.39, 0.29) is 11.8 Å². The predicted molar refractivity (Wildman–Crippen MR) is 79.3 cm³/mol. The quantitative estimate of drug-likeness (QED) is 0.833. The van der Waals surface area contributed by atoms with Crippen molar-refractivity contribution in [2.45, 2.75) is 26.3 Å². The molecule has 5 heteroatoms. The highest BCUT2D eigenvalue weighted by molar-refractivity contribution is 5.98. The maximum atomic E-state index is 12.5. The van der Waals surface area contributed by atoms with Gasteiger partial charge in [-0.2, -0.15) is 0 Å². The van der Waals surface area contributed by atoms with E-state index in [9.17, 15) is 4.79 Å². The lowest BCUT2D eigenvalue weighted by molar-refractivity contribution is 0.0879. The summed E-state index contributed by atoms with van der Waals surface area (Å²) in [6.07, 6.45) is 0. The molecule has 1 aromatic rings. The third-order valence-electron chi connectivity index (χ3n) is 3.74. The number of methoxy groups -OCH3 is 2. The summed E-state index contributed by atoms with van der Waals surface area (Å²) in [5.74, 6) is 0.949. The molecular weight excluding hydrogens is 256 g/mol. The molecule has 1 amide bonds. The van der Waals surface area contributed by atoms with Crippen molar-refractivity contribution in [2.24, 2.45) is 11.7 Å². The van der Waals surface area contributed by atoms with Crippen LogP contribution in [0.25, 0.3) is 0 Å². The number of nitrogens with one attached hydrogen (secondary N) is 1. The Balaban J connectivity index is 3.10. The lowest BCUT2D eigenvalue weighted by Crippen LogP contribution is -2.55. The summed E-state index contributed by atoms with van der Waals surface area (Å²) in [4.78, 5) is 12.5. The number of carbonyl (C=O) groups excluding carboxylic acids is 1. The van der Waals surface area contributed by atoms with Crippen molar-refractivity contribution in [3.8, 4) is 11.5 Å². The van der Waals surface area contributed by atoms with Gasteiger partial charge in [-0.1, -0.05) is 19.9 Å². The zero-order valence-corrected chi connectivity index (χ0v) is 12.8. The highest BCUT2D eigenvalue weighted by Gasteiger charge is 2.30. The molecule has 0 bridgehead atoms. The summed E-state index contributed by atoms with van der Waals surface area (Å²) < 4.78 is 10.5. The number of rotatable bonds is 6. The van der Waals surface area contributed by atoms with Crippen molar-refractivity contribution in [1.82, 2.24) is 5.32 Å². The maximum Gasteiger partial charge on any atom is 0.255 e. The Morgan fingerprint density at radius 3 is 2.45 bits per heavy atom. The second kappa shape index (κ2) is 6.61. The van der Waals surface area contributed by atoms with Crippen LogP contribution in [0.5, 0.6) is 11.5 Å². The Hall–Kier alpha value is -1.75. The van der Waals surface area contributed by atoms with Gasteiger partial charge in [-0.05, 0) is 25.0 Å². The molecule has 1 aromatic carbocycles. The summed E-state index contributed by atoms with van der Waals surface area (Å²) in [7, 11) is 3.05. The molecule has 0 aliphatic rings. The fourth-order valence-corrected chi connectivity index (χ4v) is 1.82. The fraction of sp³-hybridized carbons (Fsp3) is 0.533. The van der Waals surface area contributed by atoms with Crippen LogP contribution in [0.1, 0.15) is 31.1 Å². The van der Waals surface area contributed by atoms with Crippen molar-refractivity contribution in [3.63, 3.8) is 0 Å². The van der Waals surface area contributed by atoms with Crippen LogP contribution < -0.4 is 20.5 Å². The van der Waals surface area contributed by atoms with Gasteiger partial charge in [-0.25, -0.2) is 0 Å². The average Bonchev–Trinajstić information content (AvgIpc) is 2.45. The van der Waals surface area contributed by atoms with E-state index >= 15 is 0 Å². The molecule has 5 nitrogen and oxygen atoms in total. The lowest BCUT2D eigenvalue weighted by atomic mass is 9.88. The first-order valence-electron chi connectivity index (χ1n) is 6.63. The van der Waals surface area contributed by atoms with Gasteiger partial charge in [0.1, 0.15) is 0 Å². The molecule has 20 heavy (non-hydrogen) atoms. The Bertz CT molecular complexity index is 474. The molecule has 1 atom stereocenters. The minimum Gasteiger partial charge on any atom is -0.493 e. The van der Waals surface area contributed by atoms with Gasteiger partial charge in [-0.15, -0.1) is 0 Å². The second-order valence-electron chi connectivity index (χ2n) is 5.27. The fourth-order valence-electron chi connectivity index (χ4n) is 1.82. The Morgan fingerprint density at radius 2 is 2.00 bits per heavy atom. The first-order valence-corrected chi connectivity index (χ1v) is 6.63. The molecule has 0 spiro atoms. The Morgan fingerprint density at radius 1 is 1.35 bits per heavy atom. The van der Waals surface area contributed by atoms with E-state index in [1.807, 2.05) is 20.8 Å². The first kappa shape index (κ1) is 16.3. The number of amides is 1.